The van der Waals surface area contributed by atoms with Crippen molar-refractivity contribution in [2.45, 2.75) is 17.5 Å². The van der Waals surface area contributed by atoms with Gasteiger partial charge in [0.2, 0.25) is 5.91 Å². The van der Waals surface area contributed by atoms with Crippen molar-refractivity contribution in [1.82, 2.24) is 35.3 Å². The molecular weight excluding hydrogens is 490 g/mol. The lowest BCUT2D eigenvalue weighted by Crippen LogP contribution is -2.64. The summed E-state index contributed by atoms with van der Waals surface area (Å²) in [5.41, 5.74) is 5.48. The minimum Gasteiger partial charge on any atom is -0.377 e. The number of hydrogen-bond donors (Lipinski definition) is 4. The summed E-state index contributed by atoms with van der Waals surface area (Å²) in [5, 5.41) is 8.91. The van der Waals surface area contributed by atoms with Gasteiger partial charge in [-0.3, -0.25) is 10.2 Å². The molecule has 4 heterocycles. The fourth-order valence-corrected chi connectivity index (χ4v) is 6.80. The number of likely N-dealkylation sites (N-methyl/N-ethyl adjacent to an activating group) is 1. The standard InChI is InChI=1S/C22H25N7O4S2/c1-3-14-4-5-16-15(10-14)11-19(25-16)35(32,33)27-8-9-28(18(12-27)20(30)23-2)22(31)29-7-6-17-21(26-29)34-13-24-17/h1,4-5,10-11,18,24-26H,6-9,12-13H2,2H3,(H,23,30). The van der Waals surface area contributed by atoms with E-state index in [4.69, 9.17) is 6.42 Å². The molecule has 3 aliphatic heterocycles. The average Bonchev–Trinajstić information content (AvgIpc) is 3.53. The molecule has 2 aromatic rings. The summed E-state index contributed by atoms with van der Waals surface area (Å²) in [5.74, 6) is 2.85. The number of benzene rings is 1. The first kappa shape index (κ1) is 23.4. The number of piperazine rings is 1. The molecule has 0 spiro atoms. The van der Waals surface area contributed by atoms with Crippen LogP contribution in [0.25, 0.3) is 10.9 Å². The zero-order valence-corrected chi connectivity index (χ0v) is 20.6. The van der Waals surface area contributed by atoms with Crippen LogP contribution in [0.15, 0.2) is 40.0 Å². The number of thioether (sulfide) groups is 1. The van der Waals surface area contributed by atoms with Crippen molar-refractivity contribution in [3.8, 4) is 12.3 Å². The van der Waals surface area contributed by atoms with Gasteiger partial charge in [0.15, 0.2) is 0 Å². The third-order valence-electron chi connectivity index (χ3n) is 6.35. The summed E-state index contributed by atoms with van der Waals surface area (Å²) in [4.78, 5) is 30.5. The second-order valence-electron chi connectivity index (χ2n) is 8.34. The van der Waals surface area contributed by atoms with Gasteiger partial charge in [0.25, 0.3) is 10.0 Å². The maximum Gasteiger partial charge on any atom is 0.339 e. The third kappa shape index (κ3) is 4.18. The Morgan fingerprint density at radius 1 is 1.23 bits per heavy atom. The van der Waals surface area contributed by atoms with Gasteiger partial charge in [0, 0.05) is 61.8 Å². The van der Waals surface area contributed by atoms with Gasteiger partial charge < -0.3 is 20.5 Å². The molecule has 0 saturated carbocycles. The predicted molar refractivity (Wildman–Crippen MR) is 132 cm³/mol. The summed E-state index contributed by atoms with van der Waals surface area (Å²) >= 11 is 1.57. The van der Waals surface area contributed by atoms with Gasteiger partial charge >= 0.3 is 6.03 Å². The van der Waals surface area contributed by atoms with Gasteiger partial charge in [-0.2, -0.15) is 4.31 Å². The van der Waals surface area contributed by atoms with E-state index in [-0.39, 0.29) is 30.7 Å². The van der Waals surface area contributed by atoms with E-state index in [0.29, 0.717) is 29.4 Å². The number of hydrogen-bond acceptors (Lipinski definition) is 7. The summed E-state index contributed by atoms with van der Waals surface area (Å²) < 4.78 is 28.1. The van der Waals surface area contributed by atoms with E-state index in [1.54, 1.807) is 30.0 Å². The first-order valence-corrected chi connectivity index (χ1v) is 13.5. The maximum atomic E-state index is 13.5. The Hall–Kier alpha value is -3.34. The lowest BCUT2D eigenvalue weighted by atomic mass is 10.2. The molecule has 0 radical (unpaired) electrons. The first-order chi connectivity index (χ1) is 16.8. The zero-order valence-electron chi connectivity index (χ0n) is 19.0. The van der Waals surface area contributed by atoms with Crippen LogP contribution in [0.4, 0.5) is 4.79 Å². The highest BCUT2D eigenvalue weighted by molar-refractivity contribution is 8.03. The molecule has 3 amide bonds. The molecule has 4 N–H and O–H groups in total. The monoisotopic (exact) mass is 515 g/mol. The zero-order chi connectivity index (χ0) is 24.7. The Kier molecular flexibility index (Phi) is 6.04. The van der Waals surface area contributed by atoms with Crippen molar-refractivity contribution in [2.24, 2.45) is 0 Å². The Morgan fingerprint density at radius 3 is 2.83 bits per heavy atom. The van der Waals surface area contributed by atoms with Crippen LogP contribution < -0.4 is 16.1 Å². The minimum atomic E-state index is -3.94. The fourth-order valence-electron chi connectivity index (χ4n) is 4.44. The predicted octanol–water partition coefficient (Wildman–Crippen LogP) is 0.363. The molecule has 35 heavy (non-hydrogen) atoms. The number of sulfonamides is 1. The smallest absolute Gasteiger partial charge is 0.339 e. The van der Waals surface area contributed by atoms with Crippen LogP contribution in [0, 0.1) is 12.3 Å². The van der Waals surface area contributed by atoms with Gasteiger partial charge in [-0.15, -0.1) is 6.42 Å². The molecule has 3 aliphatic rings. The second kappa shape index (κ2) is 9.03. The number of nitrogens with zero attached hydrogens (tertiary/aromatic N) is 3. The lowest BCUT2D eigenvalue weighted by molar-refractivity contribution is -0.126. The average molecular weight is 516 g/mol. The molecule has 1 aromatic heterocycles. The van der Waals surface area contributed by atoms with Gasteiger partial charge in [0.1, 0.15) is 16.1 Å². The molecule has 0 aliphatic carbocycles. The molecule has 11 nitrogen and oxygen atoms in total. The fraction of sp³-hybridized carbons (Fsp3) is 0.364. The van der Waals surface area contributed by atoms with Crippen molar-refractivity contribution < 1.29 is 18.0 Å². The molecule has 0 bridgehead atoms. The third-order valence-corrected chi connectivity index (χ3v) is 9.05. The first-order valence-electron chi connectivity index (χ1n) is 11.1. The number of terminal acetylenes is 1. The summed E-state index contributed by atoms with van der Waals surface area (Å²) in [7, 11) is -2.48. The normalized spacial score (nSPS) is 20.7. The van der Waals surface area contributed by atoms with Crippen molar-refractivity contribution in [3.63, 3.8) is 0 Å². The molecule has 1 unspecified atom stereocenters. The number of fused-ring (bicyclic) bond motifs is 1. The summed E-state index contributed by atoms with van der Waals surface area (Å²) in [6.45, 7) is 0.424. The van der Waals surface area contributed by atoms with Crippen molar-refractivity contribution in [3.05, 3.63) is 40.6 Å². The van der Waals surface area contributed by atoms with Gasteiger partial charge in [-0.1, -0.05) is 17.7 Å². The van der Waals surface area contributed by atoms with E-state index in [9.17, 15) is 18.0 Å². The van der Waals surface area contributed by atoms with Crippen LogP contribution >= 0.6 is 11.8 Å². The molecule has 1 saturated heterocycles. The molecule has 1 aromatic carbocycles. The maximum absolute atomic E-state index is 13.5. The summed E-state index contributed by atoms with van der Waals surface area (Å²) in [6, 6.07) is 5.41. The van der Waals surface area contributed by atoms with E-state index in [1.807, 2.05) is 0 Å². The Labute approximate surface area is 207 Å². The summed E-state index contributed by atoms with van der Waals surface area (Å²) in [6.07, 6.45) is 6.13. The molecule has 13 heteroatoms. The van der Waals surface area contributed by atoms with Crippen molar-refractivity contribution in [2.75, 3.05) is 39.1 Å². The number of aromatic amines is 1. The van der Waals surface area contributed by atoms with Crippen LogP contribution in [0.1, 0.15) is 12.0 Å². The number of carbonyl (C=O) groups is 2. The van der Waals surface area contributed by atoms with Crippen molar-refractivity contribution >= 4 is 44.6 Å². The van der Waals surface area contributed by atoms with E-state index in [0.717, 1.165) is 16.6 Å². The minimum absolute atomic E-state index is 0.0139. The quantitative estimate of drug-likeness (QED) is 0.435. The second-order valence-corrected chi connectivity index (χ2v) is 11.2. The van der Waals surface area contributed by atoms with Crippen LogP contribution in [-0.2, 0) is 14.8 Å². The van der Waals surface area contributed by atoms with Crippen LogP contribution in [0.5, 0.6) is 0 Å². The number of urea groups is 1. The highest BCUT2D eigenvalue weighted by Gasteiger charge is 2.42. The van der Waals surface area contributed by atoms with Gasteiger partial charge in [0.05, 0.1) is 5.88 Å². The van der Waals surface area contributed by atoms with E-state index >= 15 is 0 Å². The van der Waals surface area contributed by atoms with Crippen LogP contribution in [0.3, 0.4) is 0 Å². The van der Waals surface area contributed by atoms with Gasteiger partial charge in [-0.25, -0.2) is 18.2 Å². The molecule has 5 rings (SSSR count). The van der Waals surface area contributed by atoms with Crippen molar-refractivity contribution in [1.29, 1.82) is 0 Å². The molecule has 184 valence electrons. The Bertz CT molecular complexity index is 1380. The molecule has 1 fully saturated rings. The van der Waals surface area contributed by atoms with Crippen LogP contribution in [-0.4, -0.2) is 84.7 Å². The number of rotatable bonds is 3. The lowest BCUT2D eigenvalue weighted by Gasteiger charge is -2.42. The highest BCUT2D eigenvalue weighted by atomic mass is 32.2. The Balaban J connectivity index is 1.37. The van der Waals surface area contributed by atoms with E-state index in [1.165, 1.54) is 27.3 Å². The number of aromatic nitrogens is 1. The number of H-pyrrole nitrogens is 1. The van der Waals surface area contributed by atoms with E-state index in [2.05, 4.69) is 27.0 Å². The highest BCUT2D eigenvalue weighted by Crippen LogP contribution is 2.29. The number of nitrogens with one attached hydrogen (secondary N) is 4. The molecule has 1 atom stereocenters. The Morgan fingerprint density at radius 2 is 2.06 bits per heavy atom. The number of amides is 3. The largest absolute Gasteiger partial charge is 0.377 e. The van der Waals surface area contributed by atoms with E-state index < -0.39 is 22.0 Å². The van der Waals surface area contributed by atoms with Crippen LogP contribution in [0.2, 0.25) is 0 Å². The topological polar surface area (TPSA) is 130 Å². The SMILES string of the molecule is C#Cc1ccc2[nH]c(S(=O)(=O)N3CCN(C(=O)N4CCC5=C(N4)SCN5)C(C(=O)NC)C3)cc2c1. The number of carbonyl (C=O) groups excluding carboxylic acids is 2. The number of hydrazine groups is 1. The van der Waals surface area contributed by atoms with Gasteiger partial charge in [-0.05, 0) is 24.3 Å². The molecular formula is C22H25N7O4S2.